The fourth-order valence-electron chi connectivity index (χ4n) is 2.19. The Morgan fingerprint density at radius 1 is 1.48 bits per heavy atom. The van der Waals surface area contributed by atoms with Crippen molar-refractivity contribution in [2.75, 3.05) is 19.3 Å². The first-order valence-corrected chi connectivity index (χ1v) is 10.1. The maximum Gasteiger partial charge on any atom is 0.260 e. The molecule has 0 saturated carbocycles. The summed E-state index contributed by atoms with van der Waals surface area (Å²) in [7, 11) is 1.66. The molecule has 3 aromatic rings. The largest absolute Gasteiger partial charge is 0.344 e. The maximum atomic E-state index is 12.5. The molecule has 6 nitrogen and oxygen atoms in total. The zero-order valence-electron chi connectivity index (χ0n) is 13.3. The molecule has 0 aromatic carbocycles. The van der Waals surface area contributed by atoms with Crippen LogP contribution >= 0.6 is 34.4 Å². The Morgan fingerprint density at radius 3 is 3.04 bits per heavy atom. The number of rotatable bonds is 6. The second-order valence-corrected chi connectivity index (χ2v) is 7.96. The minimum absolute atomic E-state index is 0.103. The van der Waals surface area contributed by atoms with Crippen molar-refractivity contribution >= 4 is 50.6 Å². The van der Waals surface area contributed by atoms with Crippen LogP contribution in [-0.2, 0) is 4.79 Å². The molecule has 3 rings (SSSR count). The summed E-state index contributed by atoms with van der Waals surface area (Å²) in [5.41, 5.74) is 0.704. The number of thioether (sulfide) groups is 1. The van der Waals surface area contributed by atoms with E-state index in [0.29, 0.717) is 28.3 Å². The molecular formula is C16H14N4O2S3. The molecule has 1 amide bonds. The minimum atomic E-state index is -0.192. The highest BCUT2D eigenvalue weighted by atomic mass is 32.2. The van der Waals surface area contributed by atoms with Crippen molar-refractivity contribution in [3.8, 4) is 16.5 Å². The van der Waals surface area contributed by atoms with Crippen LogP contribution in [0.3, 0.4) is 0 Å². The number of nitriles is 1. The van der Waals surface area contributed by atoms with E-state index in [9.17, 15) is 9.59 Å². The summed E-state index contributed by atoms with van der Waals surface area (Å²) >= 11 is 4.20. The monoisotopic (exact) mass is 390 g/mol. The molecule has 25 heavy (non-hydrogen) atoms. The molecule has 0 spiro atoms. The van der Waals surface area contributed by atoms with Gasteiger partial charge in [0.1, 0.15) is 4.83 Å². The first-order chi connectivity index (χ1) is 12.1. The number of fused-ring (bicyclic) bond motifs is 1. The van der Waals surface area contributed by atoms with Gasteiger partial charge in [0, 0.05) is 29.4 Å². The van der Waals surface area contributed by atoms with Crippen LogP contribution in [0.25, 0.3) is 20.7 Å². The van der Waals surface area contributed by atoms with Crippen LogP contribution in [0, 0.1) is 11.3 Å². The molecule has 3 heterocycles. The van der Waals surface area contributed by atoms with Gasteiger partial charge in [-0.3, -0.25) is 9.59 Å². The van der Waals surface area contributed by atoms with E-state index >= 15 is 0 Å². The molecule has 0 unspecified atom stereocenters. The first kappa shape index (κ1) is 17.7. The van der Waals surface area contributed by atoms with E-state index in [1.807, 2.05) is 29.0 Å². The number of H-pyrrole nitrogens is 1. The van der Waals surface area contributed by atoms with Crippen molar-refractivity contribution in [2.24, 2.45) is 0 Å². The van der Waals surface area contributed by atoms with Gasteiger partial charge in [0.2, 0.25) is 5.91 Å². The number of hydrogen-bond acceptors (Lipinski definition) is 7. The third-order valence-corrected chi connectivity index (χ3v) is 6.16. The molecule has 0 atom stereocenters. The molecular weight excluding hydrogens is 376 g/mol. The van der Waals surface area contributed by atoms with E-state index < -0.39 is 0 Å². The normalized spacial score (nSPS) is 10.7. The lowest BCUT2D eigenvalue weighted by molar-refractivity contribution is -0.127. The molecule has 9 heteroatoms. The summed E-state index contributed by atoms with van der Waals surface area (Å²) in [5, 5.41) is 13.5. The van der Waals surface area contributed by atoms with Crippen molar-refractivity contribution in [1.29, 1.82) is 5.26 Å². The second-order valence-electron chi connectivity index (χ2n) is 5.19. The van der Waals surface area contributed by atoms with Crippen molar-refractivity contribution in [3.63, 3.8) is 0 Å². The molecule has 128 valence electrons. The van der Waals surface area contributed by atoms with Gasteiger partial charge in [0.15, 0.2) is 5.16 Å². The molecule has 3 aromatic heterocycles. The average Bonchev–Trinajstić information content (AvgIpc) is 3.26. The lowest BCUT2D eigenvalue weighted by atomic mass is 10.2. The van der Waals surface area contributed by atoms with Crippen LogP contribution < -0.4 is 5.56 Å². The molecule has 0 aliphatic heterocycles. The Kier molecular flexibility index (Phi) is 5.53. The van der Waals surface area contributed by atoms with Gasteiger partial charge < -0.3 is 9.88 Å². The molecule has 0 radical (unpaired) electrons. The van der Waals surface area contributed by atoms with E-state index in [2.05, 4.69) is 9.97 Å². The molecule has 1 N–H and O–H groups in total. The second kappa shape index (κ2) is 7.82. The average molecular weight is 391 g/mol. The molecule has 0 aliphatic carbocycles. The topological polar surface area (TPSA) is 89.8 Å². The van der Waals surface area contributed by atoms with Crippen molar-refractivity contribution in [3.05, 3.63) is 33.2 Å². The number of carbonyl (C=O) groups excluding carboxylic acids is 1. The Morgan fingerprint density at radius 2 is 2.32 bits per heavy atom. The zero-order chi connectivity index (χ0) is 17.8. The van der Waals surface area contributed by atoms with Crippen molar-refractivity contribution < 1.29 is 4.79 Å². The van der Waals surface area contributed by atoms with Gasteiger partial charge in [-0.05, 0) is 11.4 Å². The highest BCUT2D eigenvalue weighted by Crippen LogP contribution is 2.33. The van der Waals surface area contributed by atoms with E-state index in [0.717, 1.165) is 10.4 Å². The number of nitrogens with zero attached hydrogens (tertiary/aromatic N) is 3. The Balaban J connectivity index is 1.77. The summed E-state index contributed by atoms with van der Waals surface area (Å²) in [5.74, 6) is 0.0629. The zero-order valence-corrected chi connectivity index (χ0v) is 15.8. The summed E-state index contributed by atoms with van der Waals surface area (Å²) in [6.45, 7) is 0.397. The van der Waals surface area contributed by atoms with E-state index in [4.69, 9.17) is 5.26 Å². The van der Waals surface area contributed by atoms with Gasteiger partial charge in [-0.2, -0.15) is 5.26 Å². The molecule has 0 saturated heterocycles. The van der Waals surface area contributed by atoms with Crippen LogP contribution in [0.1, 0.15) is 6.42 Å². The minimum Gasteiger partial charge on any atom is -0.344 e. The smallest absolute Gasteiger partial charge is 0.260 e. The Hall–Kier alpha value is -2.15. The maximum absolute atomic E-state index is 12.5. The number of aromatic nitrogens is 2. The van der Waals surface area contributed by atoms with Gasteiger partial charge >= 0.3 is 0 Å². The van der Waals surface area contributed by atoms with Crippen LogP contribution in [0.15, 0.2) is 32.8 Å². The number of aromatic amines is 1. The third kappa shape index (κ3) is 3.92. The van der Waals surface area contributed by atoms with Crippen molar-refractivity contribution in [1.82, 2.24) is 14.9 Å². The van der Waals surface area contributed by atoms with Gasteiger partial charge in [0.05, 0.1) is 23.6 Å². The number of nitrogens with one attached hydrogen (secondary N) is 1. The summed E-state index contributed by atoms with van der Waals surface area (Å²) in [4.78, 5) is 34.9. The van der Waals surface area contributed by atoms with Gasteiger partial charge in [-0.15, -0.1) is 22.7 Å². The van der Waals surface area contributed by atoms with Gasteiger partial charge in [0.25, 0.3) is 5.56 Å². The molecule has 0 fully saturated rings. The lowest BCUT2D eigenvalue weighted by Gasteiger charge is -2.14. The number of amides is 1. The Labute approximate surface area is 156 Å². The van der Waals surface area contributed by atoms with Crippen LogP contribution in [0.5, 0.6) is 0 Å². The number of hydrogen-bond donors (Lipinski definition) is 1. The fourth-order valence-corrected chi connectivity index (χ4v) is 4.81. The Bertz CT molecular complexity index is 985. The lowest BCUT2D eigenvalue weighted by Crippen LogP contribution is -2.29. The first-order valence-electron chi connectivity index (χ1n) is 7.39. The van der Waals surface area contributed by atoms with Crippen LogP contribution in [-0.4, -0.2) is 40.1 Å². The van der Waals surface area contributed by atoms with Crippen molar-refractivity contribution in [2.45, 2.75) is 11.6 Å². The van der Waals surface area contributed by atoms with Crippen LogP contribution in [0.2, 0.25) is 0 Å². The fraction of sp³-hybridized carbons (Fsp3) is 0.250. The van der Waals surface area contributed by atoms with E-state index in [1.165, 1.54) is 28.0 Å². The summed E-state index contributed by atoms with van der Waals surface area (Å²) < 4.78 is 0. The third-order valence-electron chi connectivity index (χ3n) is 3.53. The van der Waals surface area contributed by atoms with E-state index in [-0.39, 0.29) is 17.2 Å². The molecule has 0 aliphatic rings. The highest BCUT2D eigenvalue weighted by molar-refractivity contribution is 7.99. The van der Waals surface area contributed by atoms with Crippen LogP contribution in [0.4, 0.5) is 0 Å². The van der Waals surface area contributed by atoms with E-state index in [1.54, 1.807) is 18.4 Å². The van der Waals surface area contributed by atoms with Gasteiger partial charge in [-0.25, -0.2) is 4.98 Å². The number of carbonyl (C=O) groups is 1. The highest BCUT2D eigenvalue weighted by Gasteiger charge is 2.15. The summed E-state index contributed by atoms with van der Waals surface area (Å²) in [6, 6.07) is 5.93. The number of thiophene rings is 2. The quantitative estimate of drug-likeness (QED) is 0.516. The van der Waals surface area contributed by atoms with Gasteiger partial charge in [-0.1, -0.05) is 17.8 Å². The predicted molar refractivity (Wildman–Crippen MR) is 102 cm³/mol. The SMILES string of the molecule is CN(CCC#N)C(=O)CSc1nc2scc(-c3cccs3)c2c(=O)[nH]1. The molecule has 0 bridgehead atoms. The standard InChI is InChI=1S/C16H14N4O2S3/c1-20(6-3-5-17)12(21)9-25-16-18-14(22)13-10(8-24-15(13)19-16)11-4-2-7-23-11/h2,4,7-8H,3,6,9H2,1H3,(H,18,19,22). The summed E-state index contributed by atoms with van der Waals surface area (Å²) in [6.07, 6.45) is 0.300. The predicted octanol–water partition coefficient (Wildman–Crippen LogP) is 3.18.